The number of para-hydroxylation sites is 2. The van der Waals surface area contributed by atoms with E-state index in [0.29, 0.717) is 0 Å². The second kappa shape index (κ2) is 6.64. The van der Waals surface area contributed by atoms with Gasteiger partial charge in [0.15, 0.2) is 0 Å². The number of nitrogens with zero attached hydrogens (tertiary/aromatic N) is 1. The molecule has 0 aliphatic rings. The summed E-state index contributed by atoms with van der Waals surface area (Å²) in [7, 11) is 0. The summed E-state index contributed by atoms with van der Waals surface area (Å²) in [6.45, 7) is 0. The number of hydrogen-bond donors (Lipinski definition) is 2. The van der Waals surface area contributed by atoms with Gasteiger partial charge in [-0.05, 0) is 47.0 Å². The number of hydrogen-bond acceptors (Lipinski definition) is 2. The summed E-state index contributed by atoms with van der Waals surface area (Å²) in [6, 6.07) is 33.8. The summed E-state index contributed by atoms with van der Waals surface area (Å²) in [4.78, 5) is 0. The highest BCUT2D eigenvalue weighted by Gasteiger charge is 2.12. The lowest BCUT2D eigenvalue weighted by molar-refractivity contribution is 0.774. The van der Waals surface area contributed by atoms with Gasteiger partial charge in [-0.25, -0.2) is 0 Å². The molecule has 0 saturated carbocycles. The van der Waals surface area contributed by atoms with E-state index >= 15 is 0 Å². The van der Waals surface area contributed by atoms with Crippen LogP contribution in [0.3, 0.4) is 0 Å². The molecule has 4 aromatic carbocycles. The molecule has 3 heteroatoms. The van der Waals surface area contributed by atoms with Crippen LogP contribution in [0.5, 0.6) is 0 Å². The minimum Gasteiger partial charge on any atom is -0.312 e. The van der Waals surface area contributed by atoms with Crippen molar-refractivity contribution in [2.24, 2.45) is 11.5 Å². The minimum atomic E-state index is -0.472. The van der Waals surface area contributed by atoms with Gasteiger partial charge in [-0.1, -0.05) is 66.7 Å². The zero-order valence-corrected chi connectivity index (χ0v) is 15.4. The molecule has 3 nitrogen and oxygen atoms in total. The van der Waals surface area contributed by atoms with Gasteiger partial charge in [0.05, 0.1) is 17.2 Å². The third-order valence-electron chi connectivity index (χ3n) is 5.29. The molecule has 0 fully saturated rings. The van der Waals surface area contributed by atoms with Crippen molar-refractivity contribution in [1.82, 2.24) is 4.57 Å². The maximum absolute atomic E-state index is 5.87. The quantitative estimate of drug-likeness (QED) is 0.424. The third kappa shape index (κ3) is 2.69. The lowest BCUT2D eigenvalue weighted by atomic mass is 10.0. The van der Waals surface area contributed by atoms with Crippen LogP contribution in [0.25, 0.3) is 38.6 Å². The molecule has 0 spiro atoms. The van der Waals surface area contributed by atoms with Gasteiger partial charge < -0.3 is 16.0 Å². The minimum absolute atomic E-state index is 0.472. The fourth-order valence-corrected chi connectivity index (χ4v) is 3.95. The van der Waals surface area contributed by atoms with Crippen LogP contribution in [0.15, 0.2) is 97.1 Å². The summed E-state index contributed by atoms with van der Waals surface area (Å²) in [5, 5.41) is 2.53. The van der Waals surface area contributed by atoms with E-state index in [1.807, 2.05) is 12.1 Å². The van der Waals surface area contributed by atoms with E-state index in [1.54, 1.807) is 0 Å². The van der Waals surface area contributed by atoms with Gasteiger partial charge in [-0.15, -0.1) is 0 Å². The van der Waals surface area contributed by atoms with Crippen LogP contribution in [0.1, 0.15) is 11.7 Å². The molecule has 28 heavy (non-hydrogen) atoms. The first-order chi connectivity index (χ1) is 13.7. The van der Waals surface area contributed by atoms with Crippen LogP contribution in [0.2, 0.25) is 0 Å². The van der Waals surface area contributed by atoms with Crippen molar-refractivity contribution in [2.45, 2.75) is 6.17 Å². The van der Waals surface area contributed by atoms with E-state index in [2.05, 4.69) is 89.5 Å². The Balaban J connectivity index is 1.73. The summed E-state index contributed by atoms with van der Waals surface area (Å²) in [5.41, 5.74) is 18.5. The van der Waals surface area contributed by atoms with E-state index in [0.717, 1.165) is 22.4 Å². The number of aromatic nitrogens is 1. The molecule has 136 valence electrons. The average molecular weight is 363 g/mol. The van der Waals surface area contributed by atoms with Gasteiger partial charge in [0, 0.05) is 16.5 Å². The van der Waals surface area contributed by atoms with Crippen molar-refractivity contribution in [2.75, 3.05) is 0 Å². The molecule has 4 N–H and O–H groups in total. The van der Waals surface area contributed by atoms with Gasteiger partial charge in [0.25, 0.3) is 0 Å². The van der Waals surface area contributed by atoms with Crippen molar-refractivity contribution in [3.8, 4) is 16.8 Å². The highest BCUT2D eigenvalue weighted by Crippen LogP contribution is 2.33. The van der Waals surface area contributed by atoms with E-state index in [1.165, 1.54) is 21.8 Å². The first-order valence-electron chi connectivity index (χ1n) is 9.42. The summed E-state index contributed by atoms with van der Waals surface area (Å²) < 4.78 is 2.33. The van der Waals surface area contributed by atoms with Crippen molar-refractivity contribution in [3.05, 3.63) is 103 Å². The maximum atomic E-state index is 5.87. The summed E-state index contributed by atoms with van der Waals surface area (Å²) in [6.07, 6.45) is -0.472. The Morgan fingerprint density at radius 1 is 0.571 bits per heavy atom. The third-order valence-corrected chi connectivity index (χ3v) is 5.29. The largest absolute Gasteiger partial charge is 0.312 e. The maximum Gasteiger partial charge on any atom is 0.0784 e. The highest BCUT2D eigenvalue weighted by atomic mass is 15.0. The Labute approximate surface area is 163 Å². The molecule has 0 aliphatic carbocycles. The number of benzene rings is 4. The molecule has 5 aromatic rings. The van der Waals surface area contributed by atoms with Gasteiger partial charge in [-0.3, -0.25) is 0 Å². The summed E-state index contributed by atoms with van der Waals surface area (Å²) in [5.74, 6) is 0. The van der Waals surface area contributed by atoms with Gasteiger partial charge in [0.2, 0.25) is 0 Å². The van der Waals surface area contributed by atoms with Crippen LogP contribution < -0.4 is 11.5 Å². The second-order valence-corrected chi connectivity index (χ2v) is 7.07. The highest BCUT2D eigenvalue weighted by molar-refractivity contribution is 6.09. The van der Waals surface area contributed by atoms with E-state index in [9.17, 15) is 0 Å². The molecule has 0 atom stereocenters. The molecular weight excluding hydrogens is 342 g/mol. The van der Waals surface area contributed by atoms with Crippen LogP contribution in [-0.2, 0) is 0 Å². The molecular formula is C25H21N3. The lowest BCUT2D eigenvalue weighted by Crippen LogP contribution is -2.19. The number of nitrogens with two attached hydrogens (primary N) is 2. The van der Waals surface area contributed by atoms with E-state index in [-0.39, 0.29) is 0 Å². The lowest BCUT2D eigenvalue weighted by Gasteiger charge is -2.12. The van der Waals surface area contributed by atoms with Crippen LogP contribution in [-0.4, -0.2) is 4.57 Å². The Hall–Kier alpha value is -3.40. The van der Waals surface area contributed by atoms with Crippen LogP contribution in [0.4, 0.5) is 0 Å². The Morgan fingerprint density at radius 3 is 1.79 bits per heavy atom. The standard InChI is InChI=1S/C25H21N3/c26-25(27)19-9-5-7-17(15-19)18-8-6-10-20(16-18)28-23-13-3-1-11-21(23)22-12-2-4-14-24(22)28/h1-16,25H,26-27H2. The topological polar surface area (TPSA) is 57.0 Å². The first-order valence-corrected chi connectivity index (χ1v) is 9.42. The SMILES string of the molecule is NC(N)c1cccc(-c2cccc(-n3c4ccccc4c4ccccc43)c2)c1. The first kappa shape index (κ1) is 16.8. The van der Waals surface area contributed by atoms with Crippen LogP contribution in [0, 0.1) is 0 Å². The normalized spacial score (nSPS) is 11.5. The van der Waals surface area contributed by atoms with Crippen molar-refractivity contribution in [3.63, 3.8) is 0 Å². The van der Waals surface area contributed by atoms with Gasteiger partial charge >= 0.3 is 0 Å². The zero-order chi connectivity index (χ0) is 19.1. The van der Waals surface area contributed by atoms with E-state index in [4.69, 9.17) is 11.5 Å². The Kier molecular flexibility index (Phi) is 3.97. The molecule has 1 aromatic heterocycles. The number of fused-ring (bicyclic) bond motifs is 3. The fraction of sp³-hybridized carbons (Fsp3) is 0.0400. The van der Waals surface area contributed by atoms with Crippen molar-refractivity contribution >= 4 is 21.8 Å². The monoisotopic (exact) mass is 363 g/mol. The molecule has 0 amide bonds. The molecule has 0 radical (unpaired) electrons. The smallest absolute Gasteiger partial charge is 0.0784 e. The molecule has 0 bridgehead atoms. The summed E-state index contributed by atoms with van der Waals surface area (Å²) >= 11 is 0. The predicted molar refractivity (Wildman–Crippen MR) is 117 cm³/mol. The second-order valence-electron chi connectivity index (χ2n) is 7.07. The number of rotatable bonds is 3. The molecule has 5 rings (SSSR count). The van der Waals surface area contributed by atoms with Crippen LogP contribution >= 0.6 is 0 Å². The average Bonchev–Trinajstić information content (AvgIpc) is 3.08. The molecule has 1 heterocycles. The van der Waals surface area contributed by atoms with Gasteiger partial charge in [0.1, 0.15) is 0 Å². The molecule has 0 aliphatic heterocycles. The Bertz CT molecular complexity index is 1240. The zero-order valence-electron chi connectivity index (χ0n) is 15.4. The fourth-order valence-electron chi connectivity index (χ4n) is 3.95. The predicted octanol–water partition coefficient (Wildman–Crippen LogP) is 5.37. The molecule has 0 unspecified atom stereocenters. The Morgan fingerprint density at radius 2 is 1.14 bits per heavy atom. The van der Waals surface area contributed by atoms with Crippen molar-refractivity contribution in [1.29, 1.82) is 0 Å². The van der Waals surface area contributed by atoms with E-state index < -0.39 is 6.17 Å². The van der Waals surface area contributed by atoms with Gasteiger partial charge in [-0.2, -0.15) is 0 Å². The molecule has 0 saturated heterocycles. The van der Waals surface area contributed by atoms with Crippen molar-refractivity contribution < 1.29 is 0 Å².